The summed E-state index contributed by atoms with van der Waals surface area (Å²) in [5, 5.41) is 4.36. The summed E-state index contributed by atoms with van der Waals surface area (Å²) >= 11 is 5.86. The van der Waals surface area contributed by atoms with Gasteiger partial charge in [-0.25, -0.2) is 13.6 Å². The molecule has 0 bridgehead atoms. The van der Waals surface area contributed by atoms with Gasteiger partial charge in [0.25, 0.3) is 6.43 Å². The molecule has 0 saturated heterocycles. The topological polar surface area (TPSA) is 44.1 Å². The molecule has 7 heteroatoms. The van der Waals surface area contributed by atoms with Gasteiger partial charge in [-0.1, -0.05) is 23.7 Å². The zero-order chi connectivity index (χ0) is 15.4. The predicted molar refractivity (Wildman–Crippen MR) is 73.7 cm³/mol. The lowest BCUT2D eigenvalue weighted by molar-refractivity contribution is 0.0513. The van der Waals surface area contributed by atoms with Crippen LogP contribution < -0.4 is 0 Å². The number of carbonyl (C=O) groups is 1. The van der Waals surface area contributed by atoms with Gasteiger partial charge < -0.3 is 4.74 Å². The molecular formula is C14H13ClF2N2O2. The normalized spacial score (nSPS) is 10.9. The number of halogens is 3. The van der Waals surface area contributed by atoms with Crippen molar-refractivity contribution in [2.24, 2.45) is 0 Å². The van der Waals surface area contributed by atoms with Crippen LogP contribution in [0.2, 0.25) is 5.02 Å². The van der Waals surface area contributed by atoms with E-state index in [-0.39, 0.29) is 18.7 Å². The highest BCUT2D eigenvalue weighted by molar-refractivity contribution is 6.30. The maximum absolute atomic E-state index is 13.2. The molecule has 4 nitrogen and oxygen atoms in total. The molecule has 2 rings (SSSR count). The Bertz CT molecular complexity index is 644. The highest BCUT2D eigenvalue weighted by atomic mass is 35.5. The van der Waals surface area contributed by atoms with Gasteiger partial charge in [0, 0.05) is 5.02 Å². The second kappa shape index (κ2) is 6.67. The zero-order valence-corrected chi connectivity index (χ0v) is 12.0. The summed E-state index contributed by atoms with van der Waals surface area (Å²) in [5.41, 5.74) is 0.0465. The molecule has 0 radical (unpaired) electrons. The van der Waals surface area contributed by atoms with E-state index in [1.165, 1.54) is 0 Å². The van der Waals surface area contributed by atoms with E-state index in [0.29, 0.717) is 10.6 Å². The van der Waals surface area contributed by atoms with Gasteiger partial charge in [-0.05, 0) is 24.6 Å². The summed E-state index contributed by atoms with van der Waals surface area (Å²) in [6.07, 6.45) is -1.73. The average molecular weight is 315 g/mol. The third-order valence-corrected chi connectivity index (χ3v) is 3.04. The van der Waals surface area contributed by atoms with Gasteiger partial charge >= 0.3 is 5.97 Å². The van der Waals surface area contributed by atoms with E-state index in [4.69, 9.17) is 16.3 Å². The fourth-order valence-corrected chi connectivity index (χ4v) is 2.14. The fourth-order valence-electron chi connectivity index (χ4n) is 1.93. The number of rotatable bonds is 5. The summed E-state index contributed by atoms with van der Waals surface area (Å²) in [7, 11) is 0. The lowest BCUT2D eigenvalue weighted by atomic mass is 10.2. The number of benzene rings is 1. The van der Waals surface area contributed by atoms with Crippen molar-refractivity contribution >= 4 is 17.6 Å². The second-order valence-corrected chi connectivity index (χ2v) is 4.69. The minimum absolute atomic E-state index is 0.0969. The summed E-state index contributed by atoms with van der Waals surface area (Å²) in [6, 6.07) is 6.80. The van der Waals surface area contributed by atoms with Gasteiger partial charge in [0.2, 0.25) is 0 Å². The highest BCUT2D eigenvalue weighted by Crippen LogP contribution is 2.24. The molecule has 0 aliphatic heterocycles. The SMILES string of the molecule is CCOC(=O)c1cnn(Cc2cccc(Cl)c2)c1C(F)F. The Morgan fingerprint density at radius 2 is 2.24 bits per heavy atom. The molecule has 0 aliphatic carbocycles. The first kappa shape index (κ1) is 15.4. The fraction of sp³-hybridized carbons (Fsp3) is 0.286. The number of alkyl halides is 2. The quantitative estimate of drug-likeness (QED) is 0.790. The molecule has 0 unspecified atom stereocenters. The Balaban J connectivity index is 2.34. The third-order valence-electron chi connectivity index (χ3n) is 2.80. The number of carbonyl (C=O) groups excluding carboxylic acids is 1. The Morgan fingerprint density at radius 3 is 2.86 bits per heavy atom. The number of esters is 1. The van der Waals surface area contributed by atoms with E-state index in [1.807, 2.05) is 0 Å². The van der Waals surface area contributed by atoms with Crippen LogP contribution in [0, 0.1) is 0 Å². The van der Waals surface area contributed by atoms with E-state index in [9.17, 15) is 13.6 Å². The van der Waals surface area contributed by atoms with Crippen molar-refractivity contribution in [2.45, 2.75) is 19.9 Å². The second-order valence-electron chi connectivity index (χ2n) is 4.25. The molecule has 0 atom stereocenters. The maximum Gasteiger partial charge on any atom is 0.341 e. The third kappa shape index (κ3) is 3.58. The van der Waals surface area contributed by atoms with Crippen LogP contribution in [0.5, 0.6) is 0 Å². The van der Waals surface area contributed by atoms with Crippen LogP contribution in [0.3, 0.4) is 0 Å². The minimum Gasteiger partial charge on any atom is -0.462 e. The summed E-state index contributed by atoms with van der Waals surface area (Å²) in [5.74, 6) is -0.801. The molecule has 1 aromatic heterocycles. The molecule has 0 saturated carbocycles. The Morgan fingerprint density at radius 1 is 1.48 bits per heavy atom. The van der Waals surface area contributed by atoms with Gasteiger partial charge in [0.1, 0.15) is 11.3 Å². The zero-order valence-electron chi connectivity index (χ0n) is 11.2. The first-order valence-electron chi connectivity index (χ1n) is 6.28. The molecule has 0 fully saturated rings. The minimum atomic E-state index is -2.83. The monoisotopic (exact) mass is 314 g/mol. The highest BCUT2D eigenvalue weighted by Gasteiger charge is 2.25. The van der Waals surface area contributed by atoms with E-state index in [0.717, 1.165) is 10.9 Å². The van der Waals surface area contributed by atoms with Crippen LogP contribution >= 0.6 is 11.6 Å². The van der Waals surface area contributed by atoms with E-state index in [1.54, 1.807) is 31.2 Å². The maximum atomic E-state index is 13.2. The van der Waals surface area contributed by atoms with Crippen LogP contribution in [0.1, 0.15) is 35.0 Å². The lowest BCUT2D eigenvalue weighted by Gasteiger charge is -2.09. The molecule has 21 heavy (non-hydrogen) atoms. The standard InChI is InChI=1S/C14H13ClF2N2O2/c1-2-21-14(20)11-7-18-19(12(11)13(16)17)8-9-4-3-5-10(15)6-9/h3-7,13H,2,8H2,1H3. The van der Waals surface area contributed by atoms with Crippen molar-refractivity contribution in [3.05, 3.63) is 52.3 Å². The molecule has 0 aliphatic rings. The summed E-state index contributed by atoms with van der Waals surface area (Å²) in [6.45, 7) is 1.82. The molecule has 0 amide bonds. The smallest absolute Gasteiger partial charge is 0.341 e. The number of aromatic nitrogens is 2. The molecule has 1 aromatic carbocycles. The van der Waals surface area contributed by atoms with Gasteiger partial charge in [-0.3, -0.25) is 4.68 Å². The van der Waals surface area contributed by atoms with E-state index >= 15 is 0 Å². The lowest BCUT2D eigenvalue weighted by Crippen LogP contribution is -2.11. The molecule has 2 aromatic rings. The molecule has 1 heterocycles. The van der Waals surface area contributed by atoms with Gasteiger partial charge in [0.05, 0.1) is 19.3 Å². The molecular weight excluding hydrogens is 302 g/mol. The van der Waals surface area contributed by atoms with Crippen molar-refractivity contribution in [3.63, 3.8) is 0 Å². The number of hydrogen-bond donors (Lipinski definition) is 0. The van der Waals surface area contributed by atoms with E-state index in [2.05, 4.69) is 5.10 Å². The van der Waals surface area contributed by atoms with Crippen LogP contribution in [-0.4, -0.2) is 22.4 Å². The van der Waals surface area contributed by atoms with Crippen molar-refractivity contribution < 1.29 is 18.3 Å². The molecule has 0 N–H and O–H groups in total. The predicted octanol–water partition coefficient (Wildman–Crippen LogP) is 3.70. The first-order valence-corrected chi connectivity index (χ1v) is 6.66. The van der Waals surface area contributed by atoms with Crippen LogP contribution in [-0.2, 0) is 11.3 Å². The van der Waals surface area contributed by atoms with Crippen LogP contribution in [0.4, 0.5) is 8.78 Å². The van der Waals surface area contributed by atoms with Crippen molar-refractivity contribution in [1.29, 1.82) is 0 Å². The largest absolute Gasteiger partial charge is 0.462 e. The van der Waals surface area contributed by atoms with Gasteiger partial charge in [0.15, 0.2) is 0 Å². The number of nitrogens with zero attached hydrogens (tertiary/aromatic N) is 2. The van der Waals surface area contributed by atoms with Crippen molar-refractivity contribution in [3.8, 4) is 0 Å². The van der Waals surface area contributed by atoms with Crippen molar-refractivity contribution in [1.82, 2.24) is 9.78 Å². The Labute approximate surface area is 125 Å². The van der Waals surface area contributed by atoms with Crippen LogP contribution in [0.15, 0.2) is 30.5 Å². The molecule has 0 spiro atoms. The Kier molecular flexibility index (Phi) is 4.90. The van der Waals surface area contributed by atoms with Crippen molar-refractivity contribution in [2.75, 3.05) is 6.61 Å². The average Bonchev–Trinajstić information content (AvgIpc) is 2.83. The van der Waals surface area contributed by atoms with E-state index < -0.39 is 18.1 Å². The number of hydrogen-bond acceptors (Lipinski definition) is 3. The first-order chi connectivity index (χ1) is 10.0. The summed E-state index contributed by atoms with van der Waals surface area (Å²) in [4.78, 5) is 11.7. The summed E-state index contributed by atoms with van der Waals surface area (Å²) < 4.78 is 32.3. The molecule has 112 valence electrons. The number of ether oxygens (including phenoxy) is 1. The van der Waals surface area contributed by atoms with Gasteiger partial charge in [-0.15, -0.1) is 0 Å². The Hall–Kier alpha value is -1.95. The van der Waals surface area contributed by atoms with Crippen LogP contribution in [0.25, 0.3) is 0 Å². The van der Waals surface area contributed by atoms with Gasteiger partial charge in [-0.2, -0.15) is 5.10 Å².